The van der Waals surface area contributed by atoms with Crippen LogP contribution >= 0.6 is 0 Å². The van der Waals surface area contributed by atoms with Gasteiger partial charge in [0.15, 0.2) is 0 Å². The summed E-state index contributed by atoms with van der Waals surface area (Å²) in [5.74, 6) is -0.216. The highest BCUT2D eigenvalue weighted by Gasteiger charge is 2.35. The molecule has 3 rings (SSSR count). The van der Waals surface area contributed by atoms with E-state index in [-0.39, 0.29) is 17.2 Å². The van der Waals surface area contributed by atoms with E-state index in [2.05, 4.69) is 20.6 Å². The van der Waals surface area contributed by atoms with Crippen LogP contribution < -0.4 is 10.6 Å². The van der Waals surface area contributed by atoms with E-state index in [9.17, 15) is 13.2 Å². The average Bonchev–Trinajstić information content (AvgIpc) is 2.60. The molecule has 29 heavy (non-hydrogen) atoms. The second kappa shape index (κ2) is 7.73. The lowest BCUT2D eigenvalue weighted by atomic mass is 9.87. The van der Waals surface area contributed by atoms with Crippen LogP contribution in [-0.2, 0) is 11.6 Å². The van der Waals surface area contributed by atoms with Crippen molar-refractivity contribution in [3.63, 3.8) is 0 Å². The van der Waals surface area contributed by atoms with Crippen molar-refractivity contribution in [2.24, 2.45) is 0 Å². The van der Waals surface area contributed by atoms with E-state index in [0.29, 0.717) is 11.4 Å². The molecule has 0 atom stereocenters. The molecule has 152 valence electrons. The number of nitrogens with one attached hydrogen (secondary N) is 2. The van der Waals surface area contributed by atoms with E-state index in [1.54, 1.807) is 12.1 Å². The summed E-state index contributed by atoms with van der Waals surface area (Å²) in [6.45, 7) is 8.05. The number of hydrogen-bond donors (Lipinski definition) is 2. The molecule has 7 heteroatoms. The molecule has 0 spiro atoms. The maximum Gasteiger partial charge on any atom is 0.421 e. The number of aryl methyl sites for hydroxylation is 1. The summed E-state index contributed by atoms with van der Waals surface area (Å²) in [5, 5.41) is 5.77. The minimum Gasteiger partial charge on any atom is -0.340 e. The van der Waals surface area contributed by atoms with Crippen molar-refractivity contribution in [3.8, 4) is 0 Å². The van der Waals surface area contributed by atoms with Gasteiger partial charge in [-0.25, -0.2) is 4.98 Å². The molecule has 4 nitrogen and oxygen atoms in total. The first-order valence-electron chi connectivity index (χ1n) is 9.18. The van der Waals surface area contributed by atoms with Crippen molar-refractivity contribution in [1.82, 2.24) is 9.97 Å². The number of anilines is 4. The van der Waals surface area contributed by atoms with Crippen molar-refractivity contribution >= 4 is 23.1 Å². The summed E-state index contributed by atoms with van der Waals surface area (Å²) in [6.07, 6.45) is -3.78. The van der Waals surface area contributed by atoms with E-state index in [4.69, 9.17) is 0 Å². The van der Waals surface area contributed by atoms with Gasteiger partial charge in [-0.2, -0.15) is 18.2 Å². The van der Waals surface area contributed by atoms with Crippen molar-refractivity contribution in [3.05, 3.63) is 71.4 Å². The highest BCUT2D eigenvalue weighted by molar-refractivity contribution is 5.63. The fraction of sp³-hybridized carbons (Fsp3) is 0.273. The van der Waals surface area contributed by atoms with Crippen LogP contribution in [0.25, 0.3) is 0 Å². The normalized spacial score (nSPS) is 12.0. The highest BCUT2D eigenvalue weighted by Crippen LogP contribution is 2.36. The minimum absolute atomic E-state index is 0.0816. The molecule has 0 bridgehead atoms. The van der Waals surface area contributed by atoms with Gasteiger partial charge in [0.2, 0.25) is 5.95 Å². The topological polar surface area (TPSA) is 49.8 Å². The van der Waals surface area contributed by atoms with Crippen LogP contribution in [-0.4, -0.2) is 9.97 Å². The molecule has 0 aliphatic rings. The van der Waals surface area contributed by atoms with E-state index in [1.165, 1.54) is 0 Å². The molecule has 2 aromatic carbocycles. The summed E-state index contributed by atoms with van der Waals surface area (Å²) in [7, 11) is 0. The number of aromatic nitrogens is 2. The molecule has 0 aliphatic heterocycles. The summed E-state index contributed by atoms with van der Waals surface area (Å²) < 4.78 is 40.5. The number of nitrogens with zero attached hydrogens (tertiary/aromatic N) is 2. The standard InChI is InChI=1S/C22H23F3N4/c1-14-7-5-9-16(11-14)28-20-26-13-18(22(23,24)25)19(29-20)27-17-10-6-8-15(12-17)21(2,3)4/h5-13H,1-4H3,(H2,26,27,28,29). The van der Waals surface area contributed by atoms with Gasteiger partial charge < -0.3 is 10.6 Å². The number of rotatable bonds is 4. The molecule has 0 radical (unpaired) electrons. The molecule has 1 aromatic heterocycles. The van der Waals surface area contributed by atoms with Crippen molar-refractivity contribution in [1.29, 1.82) is 0 Å². The van der Waals surface area contributed by atoms with Gasteiger partial charge in [-0.05, 0) is 47.7 Å². The highest BCUT2D eigenvalue weighted by atomic mass is 19.4. The van der Waals surface area contributed by atoms with Gasteiger partial charge in [-0.3, -0.25) is 0 Å². The first-order chi connectivity index (χ1) is 13.5. The van der Waals surface area contributed by atoms with E-state index < -0.39 is 11.7 Å². The van der Waals surface area contributed by atoms with Gasteiger partial charge in [0.05, 0.1) is 0 Å². The lowest BCUT2D eigenvalue weighted by Gasteiger charge is -2.20. The third kappa shape index (κ3) is 5.25. The quantitative estimate of drug-likeness (QED) is 0.519. The van der Waals surface area contributed by atoms with E-state index in [0.717, 1.165) is 17.3 Å². The maximum atomic E-state index is 13.5. The molecule has 1 heterocycles. The lowest BCUT2D eigenvalue weighted by molar-refractivity contribution is -0.137. The number of halogens is 3. The molecule has 3 aromatic rings. The summed E-state index contributed by atoms with van der Waals surface area (Å²) in [5.41, 5.74) is 2.19. The predicted molar refractivity (Wildman–Crippen MR) is 110 cm³/mol. The Morgan fingerprint density at radius 1 is 0.862 bits per heavy atom. The van der Waals surface area contributed by atoms with Crippen molar-refractivity contribution in [2.45, 2.75) is 39.3 Å². The molecule has 2 N–H and O–H groups in total. The molecular formula is C22H23F3N4. The Hall–Kier alpha value is -3.09. The van der Waals surface area contributed by atoms with Crippen LogP contribution in [0.1, 0.15) is 37.5 Å². The van der Waals surface area contributed by atoms with Crippen LogP contribution in [0.15, 0.2) is 54.7 Å². The smallest absolute Gasteiger partial charge is 0.340 e. The minimum atomic E-state index is -4.58. The summed E-state index contributed by atoms with van der Waals surface area (Å²) >= 11 is 0. The van der Waals surface area contributed by atoms with Gasteiger partial charge >= 0.3 is 6.18 Å². The van der Waals surface area contributed by atoms with Gasteiger partial charge in [0, 0.05) is 17.6 Å². The Balaban J connectivity index is 1.97. The fourth-order valence-corrected chi connectivity index (χ4v) is 2.80. The maximum absolute atomic E-state index is 13.5. The SMILES string of the molecule is Cc1cccc(Nc2ncc(C(F)(F)F)c(Nc3cccc(C(C)(C)C)c3)n2)c1. The molecule has 0 saturated carbocycles. The first kappa shape index (κ1) is 20.6. The number of hydrogen-bond acceptors (Lipinski definition) is 4. The zero-order chi connectivity index (χ0) is 21.2. The van der Waals surface area contributed by atoms with Crippen LogP contribution in [0.2, 0.25) is 0 Å². The van der Waals surface area contributed by atoms with Crippen molar-refractivity contribution in [2.75, 3.05) is 10.6 Å². The van der Waals surface area contributed by atoms with Gasteiger partial charge in [0.1, 0.15) is 11.4 Å². The third-order valence-corrected chi connectivity index (χ3v) is 4.36. The molecule has 0 aliphatic carbocycles. The Labute approximate surface area is 168 Å². The van der Waals surface area contributed by atoms with Gasteiger partial charge in [-0.1, -0.05) is 45.0 Å². The summed E-state index contributed by atoms with van der Waals surface area (Å²) in [4.78, 5) is 7.94. The Bertz CT molecular complexity index is 1010. The Morgan fingerprint density at radius 2 is 1.52 bits per heavy atom. The molecular weight excluding hydrogens is 377 g/mol. The van der Waals surface area contributed by atoms with Crippen LogP contribution in [0, 0.1) is 6.92 Å². The van der Waals surface area contributed by atoms with Crippen molar-refractivity contribution < 1.29 is 13.2 Å². The monoisotopic (exact) mass is 400 g/mol. The number of alkyl halides is 3. The second-order valence-electron chi connectivity index (χ2n) is 7.90. The van der Waals surface area contributed by atoms with Crippen LogP contribution in [0.3, 0.4) is 0 Å². The van der Waals surface area contributed by atoms with Gasteiger partial charge in [0.25, 0.3) is 0 Å². The Kier molecular flexibility index (Phi) is 5.50. The zero-order valence-electron chi connectivity index (χ0n) is 16.7. The largest absolute Gasteiger partial charge is 0.421 e. The first-order valence-corrected chi connectivity index (χ1v) is 9.18. The number of benzene rings is 2. The Morgan fingerprint density at radius 3 is 2.14 bits per heavy atom. The molecule has 0 unspecified atom stereocenters. The zero-order valence-corrected chi connectivity index (χ0v) is 16.7. The fourth-order valence-electron chi connectivity index (χ4n) is 2.80. The van der Waals surface area contributed by atoms with E-state index >= 15 is 0 Å². The third-order valence-electron chi connectivity index (χ3n) is 4.36. The van der Waals surface area contributed by atoms with E-state index in [1.807, 2.05) is 64.1 Å². The molecule has 0 fully saturated rings. The second-order valence-corrected chi connectivity index (χ2v) is 7.90. The van der Waals surface area contributed by atoms with Crippen LogP contribution in [0.4, 0.5) is 36.3 Å². The predicted octanol–water partition coefficient (Wildman–Crippen LogP) is 6.59. The molecule has 0 saturated heterocycles. The van der Waals surface area contributed by atoms with Gasteiger partial charge in [-0.15, -0.1) is 0 Å². The summed E-state index contributed by atoms with van der Waals surface area (Å²) in [6, 6.07) is 14.7. The lowest BCUT2D eigenvalue weighted by Crippen LogP contribution is -2.14. The van der Waals surface area contributed by atoms with Crippen LogP contribution in [0.5, 0.6) is 0 Å². The molecule has 0 amide bonds. The average molecular weight is 400 g/mol.